The van der Waals surface area contributed by atoms with E-state index in [4.69, 9.17) is 0 Å². The molecular weight excluding hydrogens is 294 g/mol. The number of nitro groups is 1. The van der Waals surface area contributed by atoms with Crippen molar-refractivity contribution in [1.82, 2.24) is 0 Å². The molecule has 0 rings (SSSR count). The first-order valence-electron chi connectivity index (χ1n) is 9.11. The zero-order valence-electron chi connectivity index (χ0n) is 14.6. The van der Waals surface area contributed by atoms with Crippen LogP contribution in [0.1, 0.15) is 96.8 Å². The number of carboxylic acids is 1. The number of carbonyl (C=O) groups is 1. The first-order chi connectivity index (χ1) is 11.1. The van der Waals surface area contributed by atoms with Crippen LogP contribution in [0.4, 0.5) is 0 Å². The standard InChI is InChI=1S/C18H33NO4/c1-2-3-4-5-6-8-11-14-17(19(22)23)15-12-9-7-10-13-16-18(20)21/h14H,2-13,15-16H2,1H3,(H,20,21)/p-1/b17-14-. The molecule has 0 saturated heterocycles. The molecule has 23 heavy (non-hydrogen) atoms. The Morgan fingerprint density at radius 2 is 1.39 bits per heavy atom. The van der Waals surface area contributed by atoms with E-state index < -0.39 is 5.97 Å². The summed E-state index contributed by atoms with van der Waals surface area (Å²) in [7, 11) is 0. The number of aliphatic carboxylic acids is 1. The van der Waals surface area contributed by atoms with Gasteiger partial charge in [0, 0.05) is 12.4 Å². The molecule has 0 bridgehead atoms. The highest BCUT2D eigenvalue weighted by Crippen LogP contribution is 2.14. The number of rotatable bonds is 16. The molecule has 0 aliphatic heterocycles. The molecule has 134 valence electrons. The second-order valence-corrected chi connectivity index (χ2v) is 6.15. The van der Waals surface area contributed by atoms with E-state index in [1.54, 1.807) is 6.08 Å². The van der Waals surface area contributed by atoms with Crippen molar-refractivity contribution in [2.45, 2.75) is 96.8 Å². The van der Waals surface area contributed by atoms with Crippen molar-refractivity contribution in [2.24, 2.45) is 0 Å². The molecule has 0 atom stereocenters. The lowest BCUT2D eigenvalue weighted by Gasteiger charge is -2.03. The summed E-state index contributed by atoms with van der Waals surface area (Å²) >= 11 is 0. The van der Waals surface area contributed by atoms with E-state index in [0.717, 1.165) is 44.9 Å². The molecule has 0 N–H and O–H groups in total. The Labute approximate surface area is 140 Å². The lowest BCUT2D eigenvalue weighted by molar-refractivity contribution is -0.428. The summed E-state index contributed by atoms with van der Waals surface area (Å²) in [5, 5.41) is 21.3. The van der Waals surface area contributed by atoms with Gasteiger partial charge in [-0.1, -0.05) is 58.3 Å². The molecule has 5 heteroatoms. The molecule has 0 saturated carbocycles. The highest BCUT2D eigenvalue weighted by Gasteiger charge is 2.09. The molecule has 5 nitrogen and oxygen atoms in total. The van der Waals surface area contributed by atoms with Gasteiger partial charge in [-0.15, -0.1) is 0 Å². The molecule has 0 aromatic carbocycles. The van der Waals surface area contributed by atoms with E-state index in [2.05, 4.69) is 6.92 Å². The van der Waals surface area contributed by atoms with Crippen molar-refractivity contribution >= 4 is 5.97 Å². The van der Waals surface area contributed by atoms with Crippen LogP contribution in [0.5, 0.6) is 0 Å². The van der Waals surface area contributed by atoms with Crippen LogP contribution < -0.4 is 5.11 Å². The van der Waals surface area contributed by atoms with Crippen LogP contribution in [0, 0.1) is 10.1 Å². The third-order valence-corrected chi connectivity index (χ3v) is 3.99. The predicted molar refractivity (Wildman–Crippen MR) is 90.4 cm³/mol. The summed E-state index contributed by atoms with van der Waals surface area (Å²) < 4.78 is 0. The molecule has 0 radical (unpaired) electrons. The van der Waals surface area contributed by atoms with Crippen molar-refractivity contribution in [3.8, 4) is 0 Å². The van der Waals surface area contributed by atoms with E-state index in [9.17, 15) is 20.0 Å². The van der Waals surface area contributed by atoms with Crippen molar-refractivity contribution < 1.29 is 14.8 Å². The van der Waals surface area contributed by atoms with Crippen molar-refractivity contribution in [1.29, 1.82) is 0 Å². The summed E-state index contributed by atoms with van der Waals surface area (Å²) in [6, 6.07) is 0. The van der Waals surface area contributed by atoms with E-state index in [1.807, 2.05) is 0 Å². The third kappa shape index (κ3) is 15.3. The van der Waals surface area contributed by atoms with E-state index in [1.165, 1.54) is 25.7 Å². The van der Waals surface area contributed by atoms with Gasteiger partial charge in [-0.25, -0.2) is 0 Å². The lowest BCUT2D eigenvalue weighted by atomic mass is 10.1. The van der Waals surface area contributed by atoms with Crippen molar-refractivity contribution in [3.05, 3.63) is 21.9 Å². The van der Waals surface area contributed by atoms with Crippen molar-refractivity contribution in [2.75, 3.05) is 0 Å². The molecule has 0 aromatic heterocycles. The van der Waals surface area contributed by atoms with E-state index >= 15 is 0 Å². The first kappa shape index (κ1) is 21.6. The molecule has 0 fully saturated rings. The van der Waals surface area contributed by atoms with Crippen LogP contribution in [0.2, 0.25) is 0 Å². The van der Waals surface area contributed by atoms with Crippen molar-refractivity contribution in [3.63, 3.8) is 0 Å². The van der Waals surface area contributed by atoms with Gasteiger partial charge in [-0.3, -0.25) is 10.1 Å². The molecule has 0 spiro atoms. The molecule has 0 amide bonds. The minimum atomic E-state index is -1.00. The second kappa shape index (κ2) is 15.5. The monoisotopic (exact) mass is 326 g/mol. The first-order valence-corrected chi connectivity index (χ1v) is 9.11. The Morgan fingerprint density at radius 1 is 0.870 bits per heavy atom. The number of carbonyl (C=O) groups excluding carboxylic acids is 1. The van der Waals surface area contributed by atoms with Gasteiger partial charge in [0.1, 0.15) is 0 Å². The number of hydrogen-bond acceptors (Lipinski definition) is 4. The minimum Gasteiger partial charge on any atom is -0.550 e. The maximum Gasteiger partial charge on any atom is 0.242 e. The largest absolute Gasteiger partial charge is 0.550 e. The van der Waals surface area contributed by atoms with Gasteiger partial charge in [0.15, 0.2) is 0 Å². The number of allylic oxidation sites excluding steroid dienone is 2. The van der Waals surface area contributed by atoms with Gasteiger partial charge in [-0.05, 0) is 38.2 Å². The summed E-state index contributed by atoms with van der Waals surface area (Å²) in [4.78, 5) is 21.0. The van der Waals surface area contributed by atoms with Gasteiger partial charge < -0.3 is 9.90 Å². The van der Waals surface area contributed by atoms with Gasteiger partial charge in [0.05, 0.1) is 4.92 Å². The van der Waals surface area contributed by atoms with E-state index in [-0.39, 0.29) is 11.3 Å². The van der Waals surface area contributed by atoms with Crippen LogP contribution in [0.25, 0.3) is 0 Å². The second-order valence-electron chi connectivity index (χ2n) is 6.15. The molecule has 0 unspecified atom stereocenters. The Morgan fingerprint density at radius 3 is 1.96 bits per heavy atom. The van der Waals surface area contributed by atoms with Crippen LogP contribution in [0.3, 0.4) is 0 Å². The zero-order valence-corrected chi connectivity index (χ0v) is 14.6. The fourth-order valence-electron chi connectivity index (χ4n) is 2.57. The lowest BCUT2D eigenvalue weighted by Crippen LogP contribution is -2.21. The fraction of sp³-hybridized carbons (Fsp3) is 0.833. The third-order valence-electron chi connectivity index (χ3n) is 3.99. The average molecular weight is 326 g/mol. The maximum atomic E-state index is 11.0. The summed E-state index contributed by atoms with van der Waals surface area (Å²) in [6.07, 6.45) is 14.5. The number of unbranched alkanes of at least 4 members (excludes halogenated alkanes) is 10. The smallest absolute Gasteiger partial charge is 0.242 e. The number of carboxylic acid groups (broad SMARTS) is 1. The maximum absolute atomic E-state index is 11.0. The summed E-state index contributed by atoms with van der Waals surface area (Å²) in [5.74, 6) is -1.00. The average Bonchev–Trinajstić information content (AvgIpc) is 2.50. The quantitative estimate of drug-likeness (QED) is 0.239. The van der Waals surface area contributed by atoms with Crippen LogP contribution in [-0.2, 0) is 4.79 Å². The topological polar surface area (TPSA) is 83.3 Å². The van der Waals surface area contributed by atoms with Crippen LogP contribution >= 0.6 is 0 Å². The summed E-state index contributed by atoms with van der Waals surface area (Å²) in [6.45, 7) is 2.19. The van der Waals surface area contributed by atoms with Gasteiger partial charge in [0.25, 0.3) is 0 Å². The minimum absolute atomic E-state index is 0.109. The Bertz CT molecular complexity index is 353. The Balaban J connectivity index is 3.70. The highest BCUT2D eigenvalue weighted by atomic mass is 16.6. The fourth-order valence-corrected chi connectivity index (χ4v) is 2.57. The Kier molecular flexibility index (Phi) is 14.6. The number of nitrogens with zero attached hydrogens (tertiary/aromatic N) is 1. The predicted octanol–water partition coefficient (Wildman–Crippen LogP) is 4.38. The molecule has 0 heterocycles. The van der Waals surface area contributed by atoms with Gasteiger partial charge >= 0.3 is 0 Å². The normalized spacial score (nSPS) is 11.6. The molecule has 0 aliphatic carbocycles. The Hall–Kier alpha value is -1.39. The molecule has 0 aliphatic rings. The SMILES string of the molecule is CCCCCCCC/C=C(/CCCCCCCC(=O)[O-])[N+](=O)[O-]. The number of hydrogen-bond donors (Lipinski definition) is 0. The molecule has 0 aromatic rings. The molecular formula is C18H32NO4-. The van der Waals surface area contributed by atoms with Crippen LogP contribution in [-0.4, -0.2) is 10.9 Å². The van der Waals surface area contributed by atoms with Crippen LogP contribution in [0.15, 0.2) is 11.8 Å². The van der Waals surface area contributed by atoms with Gasteiger partial charge in [-0.2, -0.15) is 0 Å². The van der Waals surface area contributed by atoms with Gasteiger partial charge in [0.2, 0.25) is 5.70 Å². The van der Waals surface area contributed by atoms with E-state index in [0.29, 0.717) is 18.5 Å². The summed E-state index contributed by atoms with van der Waals surface area (Å²) in [5.41, 5.74) is 0.341. The zero-order chi connectivity index (χ0) is 17.3. The highest BCUT2D eigenvalue weighted by molar-refractivity contribution is 5.63.